The maximum absolute atomic E-state index is 12.1. The van der Waals surface area contributed by atoms with Gasteiger partial charge in [0.2, 0.25) is 5.91 Å². The standard InChI is InChI=1S/C13H22ClNO3/c1-18-13(17)10-11-6-3-5-9-15(11)12(16)7-2-4-8-14/h11H,2-10H2,1H3. The fraction of sp³-hybridized carbons (Fsp3) is 0.846. The molecule has 1 saturated heterocycles. The lowest BCUT2D eigenvalue weighted by Gasteiger charge is -2.35. The molecule has 0 aromatic heterocycles. The van der Waals surface area contributed by atoms with Gasteiger partial charge in [0.1, 0.15) is 0 Å². The number of likely N-dealkylation sites (tertiary alicyclic amines) is 1. The van der Waals surface area contributed by atoms with Crippen molar-refractivity contribution >= 4 is 23.5 Å². The van der Waals surface area contributed by atoms with Gasteiger partial charge in [0.25, 0.3) is 0 Å². The molecule has 1 aliphatic rings. The van der Waals surface area contributed by atoms with Gasteiger partial charge in [0, 0.05) is 24.9 Å². The highest BCUT2D eigenvalue weighted by atomic mass is 35.5. The van der Waals surface area contributed by atoms with Crippen LogP contribution in [0.5, 0.6) is 0 Å². The number of alkyl halides is 1. The van der Waals surface area contributed by atoms with E-state index in [2.05, 4.69) is 4.74 Å². The van der Waals surface area contributed by atoms with E-state index in [1.165, 1.54) is 7.11 Å². The van der Waals surface area contributed by atoms with Crippen molar-refractivity contribution in [2.24, 2.45) is 0 Å². The number of carbonyl (C=O) groups is 2. The molecule has 0 aliphatic carbocycles. The summed E-state index contributed by atoms with van der Waals surface area (Å²) in [6, 6.07) is 0.0229. The van der Waals surface area contributed by atoms with E-state index in [0.717, 1.165) is 38.6 Å². The molecular weight excluding hydrogens is 254 g/mol. The van der Waals surface area contributed by atoms with Crippen molar-refractivity contribution in [1.29, 1.82) is 0 Å². The summed E-state index contributed by atoms with van der Waals surface area (Å²) < 4.78 is 4.69. The van der Waals surface area contributed by atoms with Crippen LogP contribution in [0.2, 0.25) is 0 Å². The number of ether oxygens (including phenoxy) is 1. The Morgan fingerprint density at radius 3 is 2.78 bits per heavy atom. The van der Waals surface area contributed by atoms with Gasteiger partial charge >= 0.3 is 5.97 Å². The topological polar surface area (TPSA) is 46.6 Å². The average Bonchev–Trinajstić information content (AvgIpc) is 2.39. The van der Waals surface area contributed by atoms with Crippen LogP contribution in [-0.2, 0) is 14.3 Å². The molecule has 1 atom stereocenters. The number of halogens is 1. The number of hydrogen-bond donors (Lipinski definition) is 0. The van der Waals surface area contributed by atoms with Crippen molar-refractivity contribution < 1.29 is 14.3 Å². The van der Waals surface area contributed by atoms with Gasteiger partial charge < -0.3 is 9.64 Å². The Morgan fingerprint density at radius 2 is 2.11 bits per heavy atom. The number of hydrogen-bond acceptors (Lipinski definition) is 3. The van der Waals surface area contributed by atoms with E-state index in [0.29, 0.717) is 18.7 Å². The third-order valence-corrected chi connectivity index (χ3v) is 3.62. The SMILES string of the molecule is COC(=O)CC1CCCCN1C(=O)CCCCCl. The highest BCUT2D eigenvalue weighted by molar-refractivity contribution is 6.17. The lowest BCUT2D eigenvalue weighted by molar-refractivity contribution is -0.144. The van der Waals surface area contributed by atoms with Crippen molar-refractivity contribution in [3.05, 3.63) is 0 Å². The zero-order valence-corrected chi connectivity index (χ0v) is 11.7. The molecule has 1 heterocycles. The lowest BCUT2D eigenvalue weighted by Crippen LogP contribution is -2.44. The van der Waals surface area contributed by atoms with Crippen LogP contribution in [0.4, 0.5) is 0 Å². The Labute approximate surface area is 114 Å². The Kier molecular flexibility index (Phi) is 7.09. The van der Waals surface area contributed by atoms with E-state index < -0.39 is 0 Å². The third-order valence-electron chi connectivity index (χ3n) is 3.35. The first-order valence-corrected chi connectivity index (χ1v) is 7.14. The second-order valence-electron chi connectivity index (χ2n) is 4.66. The average molecular weight is 276 g/mol. The van der Waals surface area contributed by atoms with Crippen LogP contribution in [-0.4, -0.2) is 42.4 Å². The number of rotatable bonds is 6. The van der Waals surface area contributed by atoms with Gasteiger partial charge in [0.05, 0.1) is 13.5 Å². The number of unbranched alkanes of at least 4 members (excludes halogenated alkanes) is 1. The Morgan fingerprint density at radius 1 is 1.33 bits per heavy atom. The molecule has 0 bridgehead atoms. The van der Waals surface area contributed by atoms with Gasteiger partial charge in [-0.1, -0.05) is 0 Å². The quantitative estimate of drug-likeness (QED) is 0.425. The van der Waals surface area contributed by atoms with Crippen molar-refractivity contribution in [3.8, 4) is 0 Å². The van der Waals surface area contributed by atoms with E-state index in [9.17, 15) is 9.59 Å². The lowest BCUT2D eigenvalue weighted by atomic mass is 9.98. The van der Waals surface area contributed by atoms with Crippen molar-refractivity contribution in [3.63, 3.8) is 0 Å². The summed E-state index contributed by atoms with van der Waals surface area (Å²) in [6.45, 7) is 0.765. The maximum Gasteiger partial charge on any atom is 0.307 e. The summed E-state index contributed by atoms with van der Waals surface area (Å²) in [5.41, 5.74) is 0. The number of amides is 1. The fourth-order valence-electron chi connectivity index (χ4n) is 2.33. The van der Waals surface area contributed by atoms with Gasteiger partial charge in [0.15, 0.2) is 0 Å². The molecule has 104 valence electrons. The Balaban J connectivity index is 2.47. The van der Waals surface area contributed by atoms with Crippen molar-refractivity contribution in [2.45, 2.75) is 51.0 Å². The molecule has 0 aromatic carbocycles. The van der Waals surface area contributed by atoms with Crippen LogP contribution in [0.25, 0.3) is 0 Å². The number of esters is 1. The van der Waals surface area contributed by atoms with Crippen LogP contribution in [0.1, 0.15) is 44.9 Å². The molecule has 0 spiro atoms. The van der Waals surface area contributed by atoms with E-state index >= 15 is 0 Å². The molecular formula is C13H22ClNO3. The minimum atomic E-state index is -0.236. The molecule has 1 unspecified atom stereocenters. The minimum absolute atomic E-state index is 0.0229. The van der Waals surface area contributed by atoms with Crippen LogP contribution in [0.15, 0.2) is 0 Å². The summed E-state index contributed by atoms with van der Waals surface area (Å²) in [7, 11) is 1.39. The van der Waals surface area contributed by atoms with Gasteiger partial charge in [-0.15, -0.1) is 11.6 Å². The molecule has 5 heteroatoms. The molecule has 18 heavy (non-hydrogen) atoms. The summed E-state index contributed by atoms with van der Waals surface area (Å²) in [5, 5.41) is 0. The van der Waals surface area contributed by atoms with E-state index in [1.807, 2.05) is 4.90 Å². The molecule has 0 N–H and O–H groups in total. The van der Waals surface area contributed by atoms with Crippen molar-refractivity contribution in [2.75, 3.05) is 19.5 Å². The molecule has 0 saturated carbocycles. The van der Waals surface area contributed by atoms with E-state index in [1.54, 1.807) is 0 Å². The molecule has 1 fully saturated rings. The zero-order valence-electron chi connectivity index (χ0n) is 11.0. The summed E-state index contributed by atoms with van der Waals surface area (Å²) >= 11 is 5.60. The van der Waals surface area contributed by atoms with Crippen LogP contribution >= 0.6 is 11.6 Å². The second-order valence-corrected chi connectivity index (χ2v) is 5.04. The first kappa shape index (κ1) is 15.3. The molecule has 0 aromatic rings. The first-order valence-electron chi connectivity index (χ1n) is 6.61. The predicted octanol–water partition coefficient (Wildman–Crippen LogP) is 2.34. The molecule has 4 nitrogen and oxygen atoms in total. The number of nitrogens with zero attached hydrogens (tertiary/aromatic N) is 1. The smallest absolute Gasteiger partial charge is 0.307 e. The predicted molar refractivity (Wildman–Crippen MR) is 70.6 cm³/mol. The number of piperidine rings is 1. The van der Waals surface area contributed by atoms with Gasteiger partial charge in [-0.05, 0) is 32.1 Å². The Bertz CT molecular complexity index is 283. The summed E-state index contributed by atoms with van der Waals surface area (Å²) in [5.74, 6) is 0.507. The zero-order chi connectivity index (χ0) is 13.4. The first-order chi connectivity index (χ1) is 8.69. The highest BCUT2D eigenvalue weighted by Crippen LogP contribution is 2.21. The Hall–Kier alpha value is -0.770. The van der Waals surface area contributed by atoms with Gasteiger partial charge in [-0.25, -0.2) is 0 Å². The van der Waals surface area contributed by atoms with Crippen LogP contribution in [0.3, 0.4) is 0 Å². The largest absolute Gasteiger partial charge is 0.469 e. The normalized spacial score (nSPS) is 19.7. The molecule has 1 amide bonds. The van der Waals surface area contributed by atoms with Crippen LogP contribution in [0, 0.1) is 0 Å². The van der Waals surface area contributed by atoms with Crippen LogP contribution < -0.4 is 0 Å². The number of methoxy groups -OCH3 is 1. The molecule has 1 rings (SSSR count). The summed E-state index contributed by atoms with van der Waals surface area (Å²) in [6.07, 6.45) is 5.54. The van der Waals surface area contributed by atoms with Crippen molar-refractivity contribution in [1.82, 2.24) is 4.90 Å². The number of carbonyl (C=O) groups excluding carboxylic acids is 2. The van der Waals surface area contributed by atoms with Gasteiger partial charge in [-0.3, -0.25) is 9.59 Å². The monoisotopic (exact) mass is 275 g/mol. The van der Waals surface area contributed by atoms with E-state index in [4.69, 9.17) is 11.6 Å². The fourth-order valence-corrected chi connectivity index (χ4v) is 2.52. The summed E-state index contributed by atoms with van der Waals surface area (Å²) in [4.78, 5) is 25.3. The molecule has 0 radical (unpaired) electrons. The van der Waals surface area contributed by atoms with E-state index in [-0.39, 0.29) is 17.9 Å². The maximum atomic E-state index is 12.1. The second kappa shape index (κ2) is 8.35. The van der Waals surface area contributed by atoms with Gasteiger partial charge in [-0.2, -0.15) is 0 Å². The highest BCUT2D eigenvalue weighted by Gasteiger charge is 2.28. The molecule has 1 aliphatic heterocycles. The third kappa shape index (κ3) is 4.84. The minimum Gasteiger partial charge on any atom is -0.469 e.